The predicted molar refractivity (Wildman–Crippen MR) is 116 cm³/mol. The molecule has 2 aromatic rings. The summed E-state index contributed by atoms with van der Waals surface area (Å²) in [5.74, 6) is 2.13. The molecule has 3 atom stereocenters. The van der Waals surface area contributed by atoms with Gasteiger partial charge in [-0.2, -0.15) is 0 Å². The minimum Gasteiger partial charge on any atom is -0.493 e. The lowest BCUT2D eigenvalue weighted by Crippen LogP contribution is -2.72. The first kappa shape index (κ1) is 20.3. The van der Waals surface area contributed by atoms with Gasteiger partial charge < -0.3 is 19.5 Å². The molecule has 4 fully saturated rings. The van der Waals surface area contributed by atoms with E-state index in [9.17, 15) is 4.79 Å². The molecule has 31 heavy (non-hydrogen) atoms. The third kappa shape index (κ3) is 2.87. The first-order chi connectivity index (χ1) is 15.1. The summed E-state index contributed by atoms with van der Waals surface area (Å²) in [4.78, 5) is 21.2. The molecule has 3 unspecified atom stereocenters. The van der Waals surface area contributed by atoms with Crippen molar-refractivity contribution in [2.75, 3.05) is 41.0 Å². The molecule has 4 aliphatic rings. The molecular weight excluding hydrogens is 394 g/mol. The Kier molecular flexibility index (Phi) is 5.10. The molecule has 4 saturated heterocycles. The van der Waals surface area contributed by atoms with Gasteiger partial charge in [-0.05, 0) is 55.6 Å². The number of ether oxygens (including phenoxy) is 3. The number of aromatic nitrogens is 1. The number of benzene rings is 1. The highest BCUT2D eigenvalue weighted by Crippen LogP contribution is 2.52. The number of carbonyl (C=O) groups is 1. The SMILES string of the molecule is COc1cc(C(=O)C23C(c4cccnc4)CNC2C2CCN3CC2)cc(OC)c1OC. The van der Waals surface area contributed by atoms with Crippen LogP contribution in [0.15, 0.2) is 36.7 Å². The van der Waals surface area contributed by atoms with Crippen molar-refractivity contribution in [1.82, 2.24) is 15.2 Å². The van der Waals surface area contributed by atoms with Crippen molar-refractivity contribution < 1.29 is 19.0 Å². The standard InChI is InChI=1S/C24H29N3O4/c1-29-19-11-17(12-20(30-2)21(19)31-3)23(28)24-18(16-5-4-8-25-13-16)14-26-22(24)15-6-9-27(24)10-7-15/h4-5,8,11-13,15,18,22,26H,6-7,9-10,14H2,1-3H3. The average Bonchev–Trinajstić information content (AvgIpc) is 3.27. The highest BCUT2D eigenvalue weighted by atomic mass is 16.5. The normalized spacial score (nSPS) is 31.2. The van der Waals surface area contributed by atoms with E-state index in [0.29, 0.717) is 28.7 Å². The molecule has 5 heterocycles. The zero-order chi connectivity index (χ0) is 21.6. The van der Waals surface area contributed by atoms with E-state index in [1.165, 1.54) is 0 Å². The number of Topliss-reactive ketones (excluding diaryl/α,β-unsaturated/α-hetero) is 1. The Morgan fingerprint density at radius 2 is 1.84 bits per heavy atom. The zero-order valence-electron chi connectivity index (χ0n) is 18.3. The third-order valence-corrected chi connectivity index (χ3v) is 7.46. The van der Waals surface area contributed by atoms with Gasteiger partial charge in [-0.25, -0.2) is 0 Å². The zero-order valence-corrected chi connectivity index (χ0v) is 18.3. The number of carbonyl (C=O) groups excluding carboxylic acids is 1. The number of ketones is 1. The molecule has 1 aromatic heterocycles. The molecule has 164 valence electrons. The van der Waals surface area contributed by atoms with E-state index in [2.05, 4.69) is 21.3 Å². The van der Waals surface area contributed by atoms with Crippen LogP contribution >= 0.6 is 0 Å². The van der Waals surface area contributed by atoms with Crippen LogP contribution in [0, 0.1) is 5.92 Å². The molecule has 1 aromatic carbocycles. The highest BCUT2D eigenvalue weighted by molar-refractivity contribution is 6.06. The molecule has 1 N–H and O–H groups in total. The number of hydrogen-bond acceptors (Lipinski definition) is 7. The quantitative estimate of drug-likeness (QED) is 0.716. The molecule has 0 amide bonds. The summed E-state index contributed by atoms with van der Waals surface area (Å²) in [5.41, 5.74) is 1.05. The molecule has 0 saturated carbocycles. The van der Waals surface area contributed by atoms with Crippen molar-refractivity contribution in [2.45, 2.75) is 30.3 Å². The van der Waals surface area contributed by atoms with Crippen molar-refractivity contribution in [2.24, 2.45) is 5.92 Å². The van der Waals surface area contributed by atoms with E-state index in [1.54, 1.807) is 39.7 Å². The van der Waals surface area contributed by atoms with E-state index < -0.39 is 5.54 Å². The van der Waals surface area contributed by atoms with Crippen LogP contribution in [0.2, 0.25) is 0 Å². The number of methoxy groups -OCH3 is 3. The second-order valence-electron chi connectivity index (χ2n) is 8.62. The van der Waals surface area contributed by atoms with Crippen LogP contribution in [-0.4, -0.2) is 68.2 Å². The van der Waals surface area contributed by atoms with Gasteiger partial charge in [0.2, 0.25) is 5.75 Å². The smallest absolute Gasteiger partial charge is 0.203 e. The fourth-order valence-corrected chi connectivity index (χ4v) is 6.16. The summed E-state index contributed by atoms with van der Waals surface area (Å²) in [7, 11) is 4.73. The van der Waals surface area contributed by atoms with Gasteiger partial charge in [-0.3, -0.25) is 14.7 Å². The highest BCUT2D eigenvalue weighted by Gasteiger charge is 2.65. The Balaban J connectivity index is 1.67. The summed E-state index contributed by atoms with van der Waals surface area (Å²) in [6.45, 7) is 2.64. The Hall–Kier alpha value is -2.64. The van der Waals surface area contributed by atoms with Crippen molar-refractivity contribution in [3.05, 3.63) is 47.8 Å². The van der Waals surface area contributed by atoms with Gasteiger partial charge in [0, 0.05) is 36.5 Å². The first-order valence-corrected chi connectivity index (χ1v) is 10.9. The molecule has 7 heteroatoms. The number of piperidine rings is 3. The number of pyridine rings is 1. The molecule has 0 radical (unpaired) electrons. The minimum atomic E-state index is -0.644. The lowest BCUT2D eigenvalue weighted by atomic mass is 9.63. The molecular formula is C24H29N3O4. The van der Waals surface area contributed by atoms with E-state index in [1.807, 2.05) is 12.3 Å². The second-order valence-corrected chi connectivity index (χ2v) is 8.62. The van der Waals surface area contributed by atoms with E-state index in [4.69, 9.17) is 14.2 Å². The summed E-state index contributed by atoms with van der Waals surface area (Å²) >= 11 is 0. The number of rotatable bonds is 6. The molecule has 2 bridgehead atoms. The monoisotopic (exact) mass is 423 g/mol. The lowest BCUT2D eigenvalue weighted by molar-refractivity contribution is -0.0313. The van der Waals surface area contributed by atoms with E-state index in [-0.39, 0.29) is 17.7 Å². The van der Waals surface area contributed by atoms with Crippen LogP contribution < -0.4 is 19.5 Å². The third-order valence-electron chi connectivity index (χ3n) is 7.46. The topological polar surface area (TPSA) is 72.9 Å². The van der Waals surface area contributed by atoms with Gasteiger partial charge in [0.25, 0.3) is 0 Å². The van der Waals surface area contributed by atoms with Crippen LogP contribution in [0.25, 0.3) is 0 Å². The number of fused-ring (bicyclic) bond motifs is 2. The second kappa shape index (κ2) is 7.80. The maximum absolute atomic E-state index is 14.5. The van der Waals surface area contributed by atoms with Crippen molar-refractivity contribution in [1.29, 1.82) is 0 Å². The predicted octanol–water partition coefficient (Wildman–Crippen LogP) is 2.51. The van der Waals surface area contributed by atoms with Gasteiger partial charge in [0.15, 0.2) is 17.3 Å². The van der Waals surface area contributed by atoms with Crippen LogP contribution in [0.1, 0.15) is 34.7 Å². The summed E-state index contributed by atoms with van der Waals surface area (Å²) in [5, 5.41) is 3.73. The van der Waals surface area contributed by atoms with Crippen LogP contribution in [-0.2, 0) is 0 Å². The Morgan fingerprint density at radius 1 is 1.13 bits per heavy atom. The van der Waals surface area contributed by atoms with Crippen molar-refractivity contribution >= 4 is 5.78 Å². The molecule has 4 aliphatic heterocycles. The van der Waals surface area contributed by atoms with Crippen molar-refractivity contribution in [3.63, 3.8) is 0 Å². The number of nitrogens with zero attached hydrogens (tertiary/aromatic N) is 2. The molecule has 6 rings (SSSR count). The van der Waals surface area contributed by atoms with Gasteiger partial charge in [-0.15, -0.1) is 0 Å². The molecule has 7 nitrogen and oxygen atoms in total. The maximum atomic E-state index is 14.5. The van der Waals surface area contributed by atoms with Gasteiger partial charge in [0.1, 0.15) is 5.54 Å². The number of hydrogen-bond donors (Lipinski definition) is 1. The summed E-state index contributed by atoms with van der Waals surface area (Å²) in [6, 6.07) is 7.74. The van der Waals surface area contributed by atoms with Gasteiger partial charge in [0.05, 0.1) is 21.3 Å². The lowest BCUT2D eigenvalue weighted by Gasteiger charge is -2.57. The van der Waals surface area contributed by atoms with Crippen LogP contribution in [0.3, 0.4) is 0 Å². The summed E-state index contributed by atoms with van der Waals surface area (Å²) < 4.78 is 16.6. The largest absolute Gasteiger partial charge is 0.493 e. The molecule has 0 spiro atoms. The Labute approximate surface area is 182 Å². The van der Waals surface area contributed by atoms with E-state index >= 15 is 0 Å². The summed E-state index contributed by atoms with van der Waals surface area (Å²) in [6.07, 6.45) is 5.94. The van der Waals surface area contributed by atoms with Crippen molar-refractivity contribution in [3.8, 4) is 17.2 Å². The number of nitrogens with one attached hydrogen (secondary N) is 1. The first-order valence-electron chi connectivity index (χ1n) is 10.9. The Bertz CT molecular complexity index is 949. The fourth-order valence-electron chi connectivity index (χ4n) is 6.16. The average molecular weight is 424 g/mol. The maximum Gasteiger partial charge on any atom is 0.203 e. The minimum absolute atomic E-state index is 0.0286. The van der Waals surface area contributed by atoms with Crippen LogP contribution in [0.5, 0.6) is 17.2 Å². The van der Waals surface area contributed by atoms with E-state index in [0.717, 1.165) is 38.0 Å². The molecule has 0 aliphatic carbocycles. The van der Waals surface area contributed by atoms with Crippen LogP contribution in [0.4, 0.5) is 0 Å². The fraction of sp³-hybridized carbons (Fsp3) is 0.500. The Morgan fingerprint density at radius 3 is 2.42 bits per heavy atom. The van der Waals surface area contributed by atoms with Gasteiger partial charge >= 0.3 is 0 Å². The van der Waals surface area contributed by atoms with Gasteiger partial charge in [-0.1, -0.05) is 6.07 Å².